The van der Waals surface area contributed by atoms with Gasteiger partial charge in [-0.25, -0.2) is 0 Å². The van der Waals surface area contributed by atoms with Crippen molar-refractivity contribution in [1.29, 1.82) is 0 Å². The molecule has 2 aliphatic rings. The number of ether oxygens (including phenoxy) is 2. The SMILES string of the molecule is CCC1(C)C(O)CC1OCC1CCOCC1. The minimum atomic E-state index is -0.169. The van der Waals surface area contributed by atoms with Crippen LogP contribution < -0.4 is 0 Å². The van der Waals surface area contributed by atoms with E-state index in [0.717, 1.165) is 45.5 Å². The number of aliphatic hydroxyl groups excluding tert-OH is 1. The van der Waals surface area contributed by atoms with E-state index in [9.17, 15) is 5.11 Å². The predicted molar refractivity (Wildman–Crippen MR) is 62.3 cm³/mol. The van der Waals surface area contributed by atoms with Crippen molar-refractivity contribution in [2.45, 2.75) is 51.7 Å². The standard InChI is InChI=1S/C13H24O3/c1-3-13(2)11(14)8-12(13)16-9-10-4-6-15-7-5-10/h10-12,14H,3-9H2,1-2H3. The maximum absolute atomic E-state index is 9.77. The van der Waals surface area contributed by atoms with Crippen molar-refractivity contribution in [1.82, 2.24) is 0 Å². The lowest BCUT2D eigenvalue weighted by atomic mass is 9.63. The first-order valence-electron chi connectivity index (χ1n) is 6.54. The van der Waals surface area contributed by atoms with E-state index in [2.05, 4.69) is 13.8 Å². The highest BCUT2D eigenvalue weighted by molar-refractivity contribution is 5.00. The molecule has 0 bridgehead atoms. The van der Waals surface area contributed by atoms with Gasteiger partial charge in [-0.05, 0) is 25.2 Å². The molecule has 0 radical (unpaired) electrons. The van der Waals surface area contributed by atoms with Crippen LogP contribution in [0.1, 0.15) is 39.5 Å². The molecule has 1 aliphatic heterocycles. The molecule has 2 fully saturated rings. The fraction of sp³-hybridized carbons (Fsp3) is 1.00. The Labute approximate surface area is 98.1 Å². The van der Waals surface area contributed by atoms with Crippen LogP contribution in [0, 0.1) is 11.3 Å². The molecule has 0 aromatic rings. The van der Waals surface area contributed by atoms with E-state index in [1.165, 1.54) is 0 Å². The third-order valence-electron chi connectivity index (χ3n) is 4.57. The summed E-state index contributed by atoms with van der Waals surface area (Å²) in [5, 5.41) is 9.77. The molecule has 2 rings (SSSR count). The zero-order valence-corrected chi connectivity index (χ0v) is 10.4. The van der Waals surface area contributed by atoms with E-state index in [-0.39, 0.29) is 17.6 Å². The largest absolute Gasteiger partial charge is 0.392 e. The van der Waals surface area contributed by atoms with E-state index < -0.39 is 0 Å². The van der Waals surface area contributed by atoms with Gasteiger partial charge in [-0.1, -0.05) is 13.8 Å². The summed E-state index contributed by atoms with van der Waals surface area (Å²) >= 11 is 0. The lowest BCUT2D eigenvalue weighted by molar-refractivity contribution is -0.192. The van der Waals surface area contributed by atoms with Gasteiger partial charge in [-0.2, -0.15) is 0 Å². The Hall–Kier alpha value is -0.120. The summed E-state index contributed by atoms with van der Waals surface area (Å²) in [5.74, 6) is 0.660. The van der Waals surface area contributed by atoms with Gasteiger partial charge in [-0.3, -0.25) is 0 Å². The Balaban J connectivity index is 1.74. The smallest absolute Gasteiger partial charge is 0.0678 e. The molecule has 0 amide bonds. The highest BCUT2D eigenvalue weighted by Crippen LogP contribution is 2.46. The molecule has 3 unspecified atom stereocenters. The first-order valence-corrected chi connectivity index (χ1v) is 6.54. The third-order valence-corrected chi connectivity index (χ3v) is 4.57. The van der Waals surface area contributed by atoms with Crippen molar-refractivity contribution in [3.63, 3.8) is 0 Å². The summed E-state index contributed by atoms with van der Waals surface area (Å²) in [7, 11) is 0. The van der Waals surface area contributed by atoms with Crippen LogP contribution in [0.3, 0.4) is 0 Å². The van der Waals surface area contributed by atoms with Gasteiger partial charge >= 0.3 is 0 Å². The normalized spacial score (nSPS) is 40.7. The average molecular weight is 228 g/mol. The molecule has 0 aromatic heterocycles. The molecule has 3 atom stereocenters. The average Bonchev–Trinajstić information content (AvgIpc) is 2.34. The minimum Gasteiger partial charge on any atom is -0.392 e. The van der Waals surface area contributed by atoms with E-state index in [1.54, 1.807) is 0 Å². The monoisotopic (exact) mass is 228 g/mol. The summed E-state index contributed by atoms with van der Waals surface area (Å²) in [6.45, 7) is 6.87. The van der Waals surface area contributed by atoms with Crippen molar-refractivity contribution in [3.8, 4) is 0 Å². The van der Waals surface area contributed by atoms with Crippen LogP contribution in [-0.2, 0) is 9.47 Å². The first-order chi connectivity index (χ1) is 7.66. The molecule has 94 valence electrons. The van der Waals surface area contributed by atoms with Crippen molar-refractivity contribution < 1.29 is 14.6 Å². The van der Waals surface area contributed by atoms with E-state index >= 15 is 0 Å². The summed E-state index contributed by atoms with van der Waals surface area (Å²) < 4.78 is 11.3. The van der Waals surface area contributed by atoms with Gasteiger partial charge in [0.15, 0.2) is 0 Å². The van der Waals surface area contributed by atoms with Crippen LogP contribution in [-0.4, -0.2) is 37.1 Å². The third kappa shape index (κ3) is 2.27. The van der Waals surface area contributed by atoms with Crippen LogP contribution in [0.25, 0.3) is 0 Å². The van der Waals surface area contributed by atoms with Crippen LogP contribution in [0.15, 0.2) is 0 Å². The fourth-order valence-electron chi connectivity index (χ4n) is 2.68. The second-order valence-corrected chi connectivity index (χ2v) is 5.49. The maximum atomic E-state index is 9.77. The molecule has 1 saturated carbocycles. The number of aliphatic hydroxyl groups is 1. The van der Waals surface area contributed by atoms with Crippen molar-refractivity contribution in [3.05, 3.63) is 0 Å². The van der Waals surface area contributed by atoms with E-state index in [1.807, 2.05) is 0 Å². The van der Waals surface area contributed by atoms with Crippen LogP contribution in [0.5, 0.6) is 0 Å². The van der Waals surface area contributed by atoms with E-state index in [4.69, 9.17) is 9.47 Å². The van der Waals surface area contributed by atoms with E-state index in [0.29, 0.717) is 5.92 Å². The Morgan fingerprint density at radius 1 is 1.38 bits per heavy atom. The van der Waals surface area contributed by atoms with Gasteiger partial charge in [0, 0.05) is 31.7 Å². The number of hydrogen-bond donors (Lipinski definition) is 1. The van der Waals surface area contributed by atoms with Gasteiger partial charge in [0.05, 0.1) is 12.2 Å². The van der Waals surface area contributed by atoms with Crippen molar-refractivity contribution in [2.75, 3.05) is 19.8 Å². The Morgan fingerprint density at radius 3 is 2.62 bits per heavy atom. The molecular weight excluding hydrogens is 204 g/mol. The Morgan fingerprint density at radius 2 is 2.06 bits per heavy atom. The molecule has 16 heavy (non-hydrogen) atoms. The zero-order valence-electron chi connectivity index (χ0n) is 10.4. The molecule has 1 saturated heterocycles. The highest BCUT2D eigenvalue weighted by Gasteiger charge is 2.50. The molecule has 1 aliphatic carbocycles. The first kappa shape index (κ1) is 12.3. The lowest BCUT2D eigenvalue weighted by Gasteiger charge is -2.51. The van der Waals surface area contributed by atoms with Crippen LogP contribution >= 0.6 is 0 Å². The van der Waals surface area contributed by atoms with Crippen molar-refractivity contribution >= 4 is 0 Å². The quantitative estimate of drug-likeness (QED) is 0.799. The van der Waals surface area contributed by atoms with Crippen molar-refractivity contribution in [2.24, 2.45) is 11.3 Å². The molecule has 0 spiro atoms. The zero-order chi connectivity index (χ0) is 11.6. The molecular formula is C13H24O3. The topological polar surface area (TPSA) is 38.7 Å². The molecule has 3 heteroatoms. The molecule has 1 heterocycles. The molecule has 0 aromatic carbocycles. The fourth-order valence-corrected chi connectivity index (χ4v) is 2.68. The molecule has 1 N–H and O–H groups in total. The second-order valence-electron chi connectivity index (χ2n) is 5.49. The highest BCUT2D eigenvalue weighted by atomic mass is 16.5. The lowest BCUT2D eigenvalue weighted by Crippen LogP contribution is -2.56. The Kier molecular flexibility index (Phi) is 3.88. The van der Waals surface area contributed by atoms with Gasteiger partial charge < -0.3 is 14.6 Å². The summed E-state index contributed by atoms with van der Waals surface area (Å²) in [6.07, 6.45) is 4.14. The summed E-state index contributed by atoms with van der Waals surface area (Å²) in [6, 6.07) is 0. The molecule has 3 nitrogen and oxygen atoms in total. The van der Waals surface area contributed by atoms with Crippen LogP contribution in [0.4, 0.5) is 0 Å². The number of hydrogen-bond acceptors (Lipinski definition) is 3. The van der Waals surface area contributed by atoms with Gasteiger partial charge in [0.1, 0.15) is 0 Å². The second kappa shape index (κ2) is 5.03. The Bertz CT molecular complexity index is 225. The summed E-state index contributed by atoms with van der Waals surface area (Å²) in [5.41, 5.74) is -0.00876. The van der Waals surface area contributed by atoms with Crippen LogP contribution in [0.2, 0.25) is 0 Å². The van der Waals surface area contributed by atoms with Gasteiger partial charge in [-0.15, -0.1) is 0 Å². The predicted octanol–water partition coefficient (Wildman–Crippen LogP) is 1.98. The van der Waals surface area contributed by atoms with Gasteiger partial charge in [0.2, 0.25) is 0 Å². The minimum absolute atomic E-state index is 0.00876. The number of rotatable bonds is 4. The van der Waals surface area contributed by atoms with Gasteiger partial charge in [0.25, 0.3) is 0 Å². The maximum Gasteiger partial charge on any atom is 0.0678 e. The summed E-state index contributed by atoms with van der Waals surface area (Å²) in [4.78, 5) is 0.